The van der Waals surface area contributed by atoms with Crippen LogP contribution in [0.15, 0.2) is 59.4 Å². The predicted molar refractivity (Wildman–Crippen MR) is 115 cm³/mol. The van der Waals surface area contributed by atoms with E-state index in [2.05, 4.69) is 91.8 Å². The van der Waals surface area contributed by atoms with Gasteiger partial charge in [-0.1, -0.05) is 48.0 Å². The molecule has 2 aromatic carbocycles. The zero-order chi connectivity index (χ0) is 20.9. The van der Waals surface area contributed by atoms with Gasteiger partial charge in [0.25, 0.3) is 5.91 Å². The van der Waals surface area contributed by atoms with Crippen LogP contribution in [0.1, 0.15) is 27.2 Å². The van der Waals surface area contributed by atoms with Crippen LogP contribution in [0.3, 0.4) is 0 Å². The van der Waals surface area contributed by atoms with E-state index in [4.69, 9.17) is 5.73 Å². The normalized spacial score (nSPS) is 11.1. The molecule has 4 aromatic rings. The molecule has 0 radical (unpaired) electrons. The molecule has 0 saturated carbocycles. The van der Waals surface area contributed by atoms with E-state index >= 15 is 0 Å². The number of carbonyl (C=O) groups is 1. The second kappa shape index (κ2) is 8.79. The fourth-order valence-electron chi connectivity index (χ4n) is 3.53. The summed E-state index contributed by atoms with van der Waals surface area (Å²) in [6.07, 6.45) is 2.19. The molecule has 0 aliphatic carbocycles. The summed E-state index contributed by atoms with van der Waals surface area (Å²) in [5.41, 5.74) is 10.5. The minimum atomic E-state index is -0.398. The Hall–Kier alpha value is -3.65. The Bertz CT molecular complexity index is 1160. The van der Waals surface area contributed by atoms with E-state index in [0.29, 0.717) is 19.6 Å². The quantitative estimate of drug-likeness (QED) is 0.389. The van der Waals surface area contributed by atoms with Gasteiger partial charge in [0.05, 0.1) is 0 Å². The first-order valence-electron chi connectivity index (χ1n) is 9.81. The van der Waals surface area contributed by atoms with Crippen molar-refractivity contribution in [2.24, 2.45) is 0 Å². The number of hydrogen-bond acceptors (Lipinski definition) is 6. The Labute approximate surface area is 174 Å². The molecule has 2 heterocycles. The van der Waals surface area contributed by atoms with Crippen molar-refractivity contribution in [1.82, 2.24) is 25.5 Å². The van der Waals surface area contributed by atoms with Crippen LogP contribution in [0.5, 0.6) is 0 Å². The molecule has 0 saturated heterocycles. The van der Waals surface area contributed by atoms with E-state index in [1.54, 1.807) is 0 Å². The third kappa shape index (κ3) is 4.33. The lowest BCUT2D eigenvalue weighted by atomic mass is 10.1. The van der Waals surface area contributed by atoms with Gasteiger partial charge < -0.3 is 20.9 Å². The van der Waals surface area contributed by atoms with Crippen molar-refractivity contribution >= 4 is 22.6 Å². The van der Waals surface area contributed by atoms with E-state index in [1.807, 2.05) is 0 Å². The molecule has 0 unspecified atom stereocenters. The molecule has 0 atom stereocenters. The van der Waals surface area contributed by atoms with Crippen LogP contribution in [0.4, 0.5) is 5.82 Å². The number of anilines is 1. The first kappa shape index (κ1) is 19.7. The molecule has 0 bridgehead atoms. The SMILES string of the molecule is Cc1cccc(Cn2cc(CNCCNC(=O)c3nonc3N)c3ccccc32)c1. The first-order valence-corrected chi connectivity index (χ1v) is 9.81. The standard InChI is InChI=1S/C22H24N6O2/c1-15-5-4-6-16(11-15)13-28-14-17(18-7-2-3-8-19(18)28)12-24-9-10-25-22(29)20-21(23)27-30-26-20/h2-8,11,14,24H,9-10,12-13H2,1H3,(H2,23,27)(H,25,29). The highest BCUT2D eigenvalue weighted by molar-refractivity contribution is 5.95. The molecule has 0 spiro atoms. The van der Waals surface area contributed by atoms with Gasteiger partial charge >= 0.3 is 0 Å². The van der Waals surface area contributed by atoms with Crippen LogP contribution >= 0.6 is 0 Å². The van der Waals surface area contributed by atoms with E-state index in [9.17, 15) is 4.79 Å². The highest BCUT2D eigenvalue weighted by Crippen LogP contribution is 2.22. The van der Waals surface area contributed by atoms with Crippen molar-refractivity contribution in [2.75, 3.05) is 18.8 Å². The largest absolute Gasteiger partial charge is 0.379 e. The maximum absolute atomic E-state index is 12.0. The van der Waals surface area contributed by atoms with Crippen LogP contribution in [-0.2, 0) is 13.1 Å². The molecule has 0 fully saturated rings. The molecular weight excluding hydrogens is 380 g/mol. The molecule has 30 heavy (non-hydrogen) atoms. The van der Waals surface area contributed by atoms with E-state index in [-0.39, 0.29) is 11.5 Å². The summed E-state index contributed by atoms with van der Waals surface area (Å²) in [6.45, 7) is 4.68. The van der Waals surface area contributed by atoms with Crippen LogP contribution < -0.4 is 16.4 Å². The number of carbonyl (C=O) groups excluding carboxylic acids is 1. The minimum Gasteiger partial charge on any atom is -0.379 e. The van der Waals surface area contributed by atoms with Gasteiger partial charge in [0.15, 0.2) is 0 Å². The van der Waals surface area contributed by atoms with Gasteiger partial charge in [-0.2, -0.15) is 0 Å². The Morgan fingerprint density at radius 3 is 2.80 bits per heavy atom. The molecule has 4 rings (SSSR count). The number of nitrogens with two attached hydrogens (primary N) is 1. The highest BCUT2D eigenvalue weighted by Gasteiger charge is 2.15. The summed E-state index contributed by atoms with van der Waals surface area (Å²) < 4.78 is 6.72. The lowest BCUT2D eigenvalue weighted by molar-refractivity contribution is 0.0944. The molecule has 0 aliphatic rings. The third-order valence-electron chi connectivity index (χ3n) is 4.94. The summed E-state index contributed by atoms with van der Waals surface area (Å²) >= 11 is 0. The number of fused-ring (bicyclic) bond motifs is 1. The average molecular weight is 404 g/mol. The number of hydrogen-bond donors (Lipinski definition) is 3. The molecule has 8 heteroatoms. The number of para-hydroxylation sites is 1. The Kier molecular flexibility index (Phi) is 5.76. The number of nitrogens with one attached hydrogen (secondary N) is 2. The second-order valence-electron chi connectivity index (χ2n) is 7.22. The number of nitrogens with zero attached hydrogens (tertiary/aromatic N) is 3. The average Bonchev–Trinajstić information content (AvgIpc) is 3.32. The van der Waals surface area contributed by atoms with Gasteiger partial charge in [0.2, 0.25) is 11.5 Å². The summed E-state index contributed by atoms with van der Waals surface area (Å²) in [4.78, 5) is 12.0. The maximum Gasteiger partial charge on any atom is 0.277 e. The van der Waals surface area contributed by atoms with Crippen LogP contribution in [0.25, 0.3) is 10.9 Å². The molecule has 2 aromatic heterocycles. The summed E-state index contributed by atoms with van der Waals surface area (Å²) in [5.74, 6) is -0.410. The number of aromatic nitrogens is 3. The number of amides is 1. The molecule has 154 valence electrons. The fraction of sp³-hybridized carbons (Fsp3) is 0.227. The number of nitrogen functional groups attached to an aromatic ring is 1. The molecule has 1 amide bonds. The van der Waals surface area contributed by atoms with E-state index in [1.165, 1.54) is 27.6 Å². The van der Waals surface area contributed by atoms with Crippen molar-refractivity contribution in [3.63, 3.8) is 0 Å². The summed E-state index contributed by atoms with van der Waals surface area (Å²) in [7, 11) is 0. The zero-order valence-corrected chi connectivity index (χ0v) is 16.8. The van der Waals surface area contributed by atoms with Crippen LogP contribution in [0, 0.1) is 6.92 Å². The molecule has 0 aliphatic heterocycles. The fourth-order valence-corrected chi connectivity index (χ4v) is 3.53. The van der Waals surface area contributed by atoms with Crippen molar-refractivity contribution in [3.05, 3.63) is 77.1 Å². The van der Waals surface area contributed by atoms with Gasteiger partial charge in [0.1, 0.15) is 0 Å². The number of rotatable bonds is 8. The molecular formula is C22H24N6O2. The topological polar surface area (TPSA) is 111 Å². The van der Waals surface area contributed by atoms with Gasteiger partial charge in [-0.15, -0.1) is 0 Å². The smallest absolute Gasteiger partial charge is 0.277 e. The zero-order valence-electron chi connectivity index (χ0n) is 16.8. The van der Waals surface area contributed by atoms with Crippen molar-refractivity contribution < 1.29 is 9.42 Å². The lowest BCUT2D eigenvalue weighted by Crippen LogP contribution is -2.32. The Morgan fingerprint density at radius 2 is 2.00 bits per heavy atom. The van der Waals surface area contributed by atoms with Crippen LogP contribution in [0.2, 0.25) is 0 Å². The van der Waals surface area contributed by atoms with Gasteiger partial charge in [0, 0.05) is 43.3 Å². The summed E-state index contributed by atoms with van der Waals surface area (Å²) in [5, 5.41) is 14.2. The Morgan fingerprint density at radius 1 is 1.13 bits per heavy atom. The predicted octanol–water partition coefficient (Wildman–Crippen LogP) is 2.48. The first-order chi connectivity index (χ1) is 14.6. The van der Waals surface area contributed by atoms with Gasteiger partial charge in [-0.05, 0) is 34.4 Å². The van der Waals surface area contributed by atoms with Gasteiger partial charge in [-0.25, -0.2) is 4.63 Å². The molecule has 4 N–H and O–H groups in total. The molecule has 8 nitrogen and oxygen atoms in total. The van der Waals surface area contributed by atoms with E-state index in [0.717, 1.165) is 6.54 Å². The lowest BCUT2D eigenvalue weighted by Gasteiger charge is -2.06. The highest BCUT2D eigenvalue weighted by atomic mass is 16.6. The second-order valence-corrected chi connectivity index (χ2v) is 7.22. The number of aryl methyl sites for hydroxylation is 1. The number of benzene rings is 2. The van der Waals surface area contributed by atoms with Crippen molar-refractivity contribution in [3.8, 4) is 0 Å². The maximum atomic E-state index is 12.0. The van der Waals surface area contributed by atoms with Gasteiger partial charge in [-0.3, -0.25) is 4.79 Å². The summed E-state index contributed by atoms with van der Waals surface area (Å²) in [6, 6.07) is 17.0. The van der Waals surface area contributed by atoms with Crippen LogP contribution in [-0.4, -0.2) is 33.9 Å². The van der Waals surface area contributed by atoms with Crippen molar-refractivity contribution in [1.29, 1.82) is 0 Å². The minimum absolute atomic E-state index is 0.00854. The Balaban J connectivity index is 1.37. The van der Waals surface area contributed by atoms with E-state index < -0.39 is 5.91 Å². The third-order valence-corrected chi connectivity index (χ3v) is 4.94. The monoisotopic (exact) mass is 404 g/mol. The van der Waals surface area contributed by atoms with Crippen molar-refractivity contribution in [2.45, 2.75) is 20.0 Å².